The van der Waals surface area contributed by atoms with Crippen molar-refractivity contribution in [3.8, 4) is 0 Å². The largest absolute Gasteiger partial charge is 0.465 e. The molecule has 10 heteroatoms. The van der Waals surface area contributed by atoms with Gasteiger partial charge in [0.1, 0.15) is 11.6 Å². The lowest BCUT2D eigenvalue weighted by atomic mass is 9.60. The molecule has 2 fully saturated rings. The van der Waals surface area contributed by atoms with Gasteiger partial charge in [0.15, 0.2) is 11.5 Å². The molecule has 0 atom stereocenters. The number of rotatable bonds is 5. The Bertz CT molecular complexity index is 1210. The molecule has 3 N–H and O–H groups in total. The molecular weight excluding hydrogens is 429 g/mol. The number of nitrogens with two attached hydrogens (primary N) is 1. The van der Waals surface area contributed by atoms with E-state index in [1.165, 1.54) is 23.1 Å². The van der Waals surface area contributed by atoms with Gasteiger partial charge in [0.2, 0.25) is 0 Å². The van der Waals surface area contributed by atoms with Gasteiger partial charge in [-0.15, -0.1) is 0 Å². The maximum absolute atomic E-state index is 13.4. The molecule has 3 aromatic rings. The standard InChI is InChI=1S/C23H24FN5O4/c24-15-2-3-18-14(9-15)1-4-20(26-18)28-7-5-23(6-8-28)11-16(12-23)29(22(31)32)13-17-10-19(21(25)30)27-33-17/h1-4,9-10,16H,5-8,11-13H2,(H2,25,30)(H,31,32). The van der Waals surface area contributed by atoms with Gasteiger partial charge in [0, 0.05) is 30.6 Å². The van der Waals surface area contributed by atoms with Gasteiger partial charge in [-0.3, -0.25) is 9.69 Å². The minimum atomic E-state index is -1.03. The molecule has 1 aliphatic heterocycles. The van der Waals surface area contributed by atoms with E-state index in [4.69, 9.17) is 10.3 Å². The van der Waals surface area contributed by atoms with Crippen molar-refractivity contribution in [3.63, 3.8) is 0 Å². The SMILES string of the molecule is NC(=O)c1cc(CN(C(=O)O)C2CC3(CCN(c4ccc5cc(F)ccc5n4)CC3)C2)on1. The van der Waals surface area contributed by atoms with Crippen LogP contribution in [0.5, 0.6) is 0 Å². The van der Waals surface area contributed by atoms with Crippen LogP contribution in [0.25, 0.3) is 10.9 Å². The lowest BCUT2D eigenvalue weighted by Crippen LogP contribution is -2.56. The Morgan fingerprint density at radius 3 is 2.64 bits per heavy atom. The highest BCUT2D eigenvalue weighted by molar-refractivity contribution is 5.90. The molecule has 0 unspecified atom stereocenters. The van der Waals surface area contributed by atoms with Gasteiger partial charge in [-0.25, -0.2) is 14.2 Å². The third kappa shape index (κ3) is 4.08. The van der Waals surface area contributed by atoms with E-state index in [1.54, 1.807) is 6.07 Å². The molecular formula is C23H24FN5O4. The Morgan fingerprint density at radius 2 is 1.97 bits per heavy atom. The average Bonchev–Trinajstić information content (AvgIpc) is 3.25. The molecule has 1 spiro atoms. The second-order valence-corrected chi connectivity index (χ2v) is 9.01. The fourth-order valence-electron chi connectivity index (χ4n) is 5.06. The van der Waals surface area contributed by atoms with Crippen LogP contribution < -0.4 is 10.6 Å². The number of aromatic nitrogens is 2. The van der Waals surface area contributed by atoms with E-state index in [9.17, 15) is 19.1 Å². The van der Waals surface area contributed by atoms with Crippen molar-refractivity contribution >= 4 is 28.7 Å². The Hall–Kier alpha value is -3.69. The van der Waals surface area contributed by atoms with Crippen molar-refractivity contribution in [1.29, 1.82) is 0 Å². The fraction of sp³-hybridized carbons (Fsp3) is 0.391. The number of hydrogen-bond acceptors (Lipinski definition) is 6. The lowest BCUT2D eigenvalue weighted by Gasteiger charge is -2.54. The van der Waals surface area contributed by atoms with Crippen molar-refractivity contribution in [3.05, 3.63) is 53.7 Å². The number of hydrogen-bond donors (Lipinski definition) is 2. The number of carbonyl (C=O) groups excluding carboxylic acids is 1. The van der Waals surface area contributed by atoms with E-state index in [2.05, 4.69) is 15.0 Å². The molecule has 0 bridgehead atoms. The molecule has 2 aromatic heterocycles. The van der Waals surface area contributed by atoms with E-state index in [1.807, 2.05) is 12.1 Å². The molecule has 3 heterocycles. The summed E-state index contributed by atoms with van der Waals surface area (Å²) in [5.41, 5.74) is 6.05. The van der Waals surface area contributed by atoms with Crippen molar-refractivity contribution in [2.45, 2.75) is 38.3 Å². The van der Waals surface area contributed by atoms with Crippen LogP contribution in [0, 0.1) is 11.2 Å². The molecule has 2 amide bonds. The topological polar surface area (TPSA) is 126 Å². The maximum Gasteiger partial charge on any atom is 0.407 e. The summed E-state index contributed by atoms with van der Waals surface area (Å²) in [6.07, 6.45) is 2.45. The fourth-order valence-corrected chi connectivity index (χ4v) is 5.06. The van der Waals surface area contributed by atoms with Crippen molar-refractivity contribution in [2.75, 3.05) is 18.0 Å². The first-order chi connectivity index (χ1) is 15.8. The predicted octanol–water partition coefficient (Wildman–Crippen LogP) is 3.39. The molecule has 1 saturated carbocycles. The summed E-state index contributed by atoms with van der Waals surface area (Å²) in [4.78, 5) is 31.3. The molecule has 2 aliphatic rings. The number of carbonyl (C=O) groups is 2. The van der Waals surface area contributed by atoms with E-state index in [0.29, 0.717) is 5.76 Å². The first kappa shape index (κ1) is 21.2. The van der Waals surface area contributed by atoms with Crippen LogP contribution in [0.15, 0.2) is 40.9 Å². The van der Waals surface area contributed by atoms with E-state index >= 15 is 0 Å². The van der Waals surface area contributed by atoms with Crippen LogP contribution in [0.4, 0.5) is 15.0 Å². The summed E-state index contributed by atoms with van der Waals surface area (Å²) < 4.78 is 18.5. The maximum atomic E-state index is 13.4. The monoisotopic (exact) mass is 453 g/mol. The second-order valence-electron chi connectivity index (χ2n) is 9.01. The number of carboxylic acid groups (broad SMARTS) is 1. The van der Waals surface area contributed by atoms with Gasteiger partial charge in [0.05, 0.1) is 12.1 Å². The van der Waals surface area contributed by atoms with E-state index in [0.717, 1.165) is 55.5 Å². The zero-order valence-corrected chi connectivity index (χ0v) is 17.9. The first-order valence-electron chi connectivity index (χ1n) is 10.9. The third-order valence-electron chi connectivity index (χ3n) is 6.95. The average molecular weight is 453 g/mol. The second kappa shape index (κ2) is 8.02. The molecule has 5 rings (SSSR count). The van der Waals surface area contributed by atoms with Gasteiger partial charge < -0.3 is 20.3 Å². The van der Waals surface area contributed by atoms with Crippen LogP contribution in [0.1, 0.15) is 41.9 Å². The molecule has 33 heavy (non-hydrogen) atoms. The third-order valence-corrected chi connectivity index (χ3v) is 6.95. The molecule has 1 saturated heterocycles. The highest BCUT2D eigenvalue weighted by Gasteiger charge is 2.49. The number of fused-ring (bicyclic) bond motifs is 1. The van der Waals surface area contributed by atoms with Crippen LogP contribution in [-0.2, 0) is 6.54 Å². The number of anilines is 1. The Balaban J connectivity index is 1.20. The molecule has 1 aromatic carbocycles. The van der Waals surface area contributed by atoms with Gasteiger partial charge >= 0.3 is 6.09 Å². The van der Waals surface area contributed by atoms with Gasteiger partial charge in [-0.2, -0.15) is 0 Å². The highest BCUT2D eigenvalue weighted by Crippen LogP contribution is 2.51. The summed E-state index contributed by atoms with van der Waals surface area (Å²) in [5, 5.41) is 14.1. The van der Waals surface area contributed by atoms with Crippen LogP contribution in [-0.4, -0.2) is 51.3 Å². The normalized spacial score (nSPS) is 17.8. The van der Waals surface area contributed by atoms with Crippen LogP contribution >= 0.6 is 0 Å². The molecule has 1 aliphatic carbocycles. The van der Waals surface area contributed by atoms with Gasteiger partial charge in [-0.1, -0.05) is 5.16 Å². The van der Waals surface area contributed by atoms with Gasteiger partial charge in [0.25, 0.3) is 5.91 Å². The number of pyridine rings is 1. The summed E-state index contributed by atoms with van der Waals surface area (Å²) in [6, 6.07) is 9.68. The number of primary amides is 1. The number of benzene rings is 1. The van der Waals surface area contributed by atoms with E-state index in [-0.39, 0.29) is 29.5 Å². The number of amides is 2. The van der Waals surface area contributed by atoms with Crippen LogP contribution in [0.2, 0.25) is 0 Å². The number of halogens is 1. The summed E-state index contributed by atoms with van der Waals surface area (Å²) >= 11 is 0. The Kier molecular flexibility index (Phi) is 5.15. The minimum absolute atomic E-state index is 0.0137. The zero-order chi connectivity index (χ0) is 23.2. The summed E-state index contributed by atoms with van der Waals surface area (Å²) in [5.74, 6) is 0.185. The van der Waals surface area contributed by atoms with Crippen LogP contribution in [0.3, 0.4) is 0 Å². The number of nitrogens with zero attached hydrogens (tertiary/aromatic N) is 4. The van der Waals surface area contributed by atoms with Crippen molar-refractivity contribution in [1.82, 2.24) is 15.0 Å². The molecule has 172 valence electrons. The number of piperidine rings is 1. The minimum Gasteiger partial charge on any atom is -0.465 e. The Morgan fingerprint density at radius 1 is 1.21 bits per heavy atom. The van der Waals surface area contributed by atoms with Gasteiger partial charge in [-0.05, 0) is 61.4 Å². The van der Waals surface area contributed by atoms with E-state index < -0.39 is 12.0 Å². The highest BCUT2D eigenvalue weighted by atomic mass is 19.1. The summed E-state index contributed by atoms with van der Waals surface area (Å²) in [6.45, 7) is 1.71. The smallest absolute Gasteiger partial charge is 0.407 e. The van der Waals surface area contributed by atoms with Crippen molar-refractivity contribution in [2.24, 2.45) is 11.1 Å². The summed E-state index contributed by atoms with van der Waals surface area (Å²) in [7, 11) is 0. The molecule has 9 nitrogen and oxygen atoms in total. The first-order valence-corrected chi connectivity index (χ1v) is 10.9. The molecule has 0 radical (unpaired) electrons. The lowest BCUT2D eigenvalue weighted by molar-refractivity contribution is -0.0149. The van der Waals surface area contributed by atoms with Crippen molar-refractivity contribution < 1.29 is 23.6 Å². The zero-order valence-electron chi connectivity index (χ0n) is 17.9. The Labute approximate surface area is 189 Å². The predicted molar refractivity (Wildman–Crippen MR) is 117 cm³/mol. The quantitative estimate of drug-likeness (QED) is 0.606.